The summed E-state index contributed by atoms with van der Waals surface area (Å²) >= 11 is 0. The van der Waals surface area contributed by atoms with Gasteiger partial charge in [-0.2, -0.15) is 0 Å². The number of aryl methyl sites for hydroxylation is 2. The molecule has 5 nitrogen and oxygen atoms in total. The van der Waals surface area contributed by atoms with Crippen LogP contribution in [0.2, 0.25) is 0 Å². The van der Waals surface area contributed by atoms with Crippen molar-refractivity contribution in [2.45, 2.75) is 33.9 Å². The van der Waals surface area contributed by atoms with Crippen LogP contribution >= 0.6 is 0 Å². The highest BCUT2D eigenvalue weighted by Gasteiger charge is 2.04. The molecule has 0 fully saturated rings. The summed E-state index contributed by atoms with van der Waals surface area (Å²) in [5.74, 6) is 1.11. The number of aromatic hydroxyl groups is 1. The normalized spacial score (nSPS) is 11.3. The van der Waals surface area contributed by atoms with Gasteiger partial charge in [-0.15, -0.1) is 0 Å². The largest absolute Gasteiger partial charge is 0.507 e. The summed E-state index contributed by atoms with van der Waals surface area (Å²) in [4.78, 5) is 8.88. The zero-order valence-corrected chi connectivity index (χ0v) is 13.9. The molecule has 0 unspecified atom stereocenters. The number of guanidine groups is 1. The average molecular weight is 312 g/mol. The van der Waals surface area contributed by atoms with Crippen LogP contribution < -0.4 is 10.6 Å². The van der Waals surface area contributed by atoms with Crippen molar-refractivity contribution >= 4 is 5.96 Å². The molecule has 0 saturated carbocycles. The van der Waals surface area contributed by atoms with Crippen LogP contribution in [0, 0.1) is 13.8 Å². The van der Waals surface area contributed by atoms with Gasteiger partial charge in [0.1, 0.15) is 5.75 Å². The van der Waals surface area contributed by atoms with Crippen LogP contribution in [-0.2, 0) is 13.1 Å². The summed E-state index contributed by atoms with van der Waals surface area (Å²) < 4.78 is 0. The maximum absolute atomic E-state index is 9.84. The molecule has 5 heteroatoms. The third kappa shape index (κ3) is 4.98. The number of nitrogens with zero attached hydrogens (tertiary/aromatic N) is 2. The predicted octanol–water partition coefficient (Wildman–Crippen LogP) is 2.66. The first-order valence-electron chi connectivity index (χ1n) is 7.81. The van der Waals surface area contributed by atoms with E-state index < -0.39 is 0 Å². The van der Waals surface area contributed by atoms with Crippen LogP contribution in [0.4, 0.5) is 0 Å². The maximum atomic E-state index is 9.84. The number of hydrogen-bond donors (Lipinski definition) is 3. The number of phenols is 1. The first-order valence-corrected chi connectivity index (χ1v) is 7.81. The molecule has 0 amide bonds. The number of aromatic nitrogens is 1. The number of rotatable bonds is 5. The highest BCUT2D eigenvalue weighted by molar-refractivity contribution is 5.79. The Labute approximate surface area is 137 Å². The Balaban J connectivity index is 2.03. The highest BCUT2D eigenvalue weighted by Crippen LogP contribution is 2.23. The van der Waals surface area contributed by atoms with Crippen molar-refractivity contribution in [3.05, 3.63) is 58.9 Å². The fourth-order valence-electron chi connectivity index (χ4n) is 2.33. The van der Waals surface area contributed by atoms with Gasteiger partial charge in [0.2, 0.25) is 0 Å². The summed E-state index contributed by atoms with van der Waals surface area (Å²) in [5.41, 5.74) is 3.80. The van der Waals surface area contributed by atoms with Gasteiger partial charge in [-0.25, -0.2) is 4.99 Å². The fourth-order valence-corrected chi connectivity index (χ4v) is 2.33. The van der Waals surface area contributed by atoms with Crippen molar-refractivity contribution in [3.8, 4) is 5.75 Å². The molecule has 2 rings (SSSR count). The topological polar surface area (TPSA) is 69.5 Å². The second-order valence-electron chi connectivity index (χ2n) is 5.45. The SMILES string of the molecule is CCNC(=NCc1cc(C)c(O)c(C)c1)NCc1ccccn1. The minimum absolute atomic E-state index is 0.359. The third-order valence-electron chi connectivity index (χ3n) is 3.48. The molecule has 0 aliphatic carbocycles. The lowest BCUT2D eigenvalue weighted by Gasteiger charge is -2.11. The molecular weight excluding hydrogens is 288 g/mol. The van der Waals surface area contributed by atoms with E-state index in [4.69, 9.17) is 0 Å². The zero-order chi connectivity index (χ0) is 16.7. The highest BCUT2D eigenvalue weighted by atomic mass is 16.3. The lowest BCUT2D eigenvalue weighted by atomic mass is 10.1. The molecule has 0 spiro atoms. The Hall–Kier alpha value is -2.56. The molecule has 23 heavy (non-hydrogen) atoms. The Kier molecular flexibility index (Phi) is 5.97. The number of benzene rings is 1. The van der Waals surface area contributed by atoms with Gasteiger partial charge in [0, 0.05) is 12.7 Å². The molecule has 1 aromatic carbocycles. The van der Waals surface area contributed by atoms with Crippen molar-refractivity contribution in [1.82, 2.24) is 15.6 Å². The molecule has 0 bridgehead atoms. The Bertz CT molecular complexity index is 645. The molecule has 0 saturated heterocycles. The van der Waals surface area contributed by atoms with Crippen LogP contribution in [0.1, 0.15) is 29.3 Å². The van der Waals surface area contributed by atoms with Crippen molar-refractivity contribution in [3.63, 3.8) is 0 Å². The van der Waals surface area contributed by atoms with E-state index in [0.29, 0.717) is 18.8 Å². The Morgan fingerprint density at radius 3 is 2.52 bits per heavy atom. The van der Waals surface area contributed by atoms with Gasteiger partial charge in [-0.05, 0) is 49.6 Å². The number of phenolic OH excluding ortho intramolecular Hbond substituents is 1. The fraction of sp³-hybridized carbons (Fsp3) is 0.333. The molecule has 0 aliphatic heterocycles. The number of pyridine rings is 1. The van der Waals surface area contributed by atoms with Crippen molar-refractivity contribution in [2.24, 2.45) is 4.99 Å². The lowest BCUT2D eigenvalue weighted by molar-refractivity contribution is 0.466. The molecule has 122 valence electrons. The van der Waals surface area contributed by atoms with E-state index in [1.807, 2.05) is 51.1 Å². The standard InChI is InChI=1S/C18H24N4O/c1-4-19-18(22-12-16-7-5-6-8-20-16)21-11-15-9-13(2)17(23)14(3)10-15/h5-10,23H,4,11-12H2,1-3H3,(H2,19,21,22). The smallest absolute Gasteiger partial charge is 0.191 e. The van der Waals surface area contributed by atoms with E-state index in [0.717, 1.165) is 34.9 Å². The molecular formula is C18H24N4O. The van der Waals surface area contributed by atoms with E-state index in [1.165, 1.54) is 0 Å². The van der Waals surface area contributed by atoms with Crippen LogP contribution in [-0.4, -0.2) is 22.6 Å². The zero-order valence-electron chi connectivity index (χ0n) is 13.9. The minimum atomic E-state index is 0.359. The van der Waals surface area contributed by atoms with Crippen LogP contribution in [0.25, 0.3) is 0 Å². The van der Waals surface area contributed by atoms with Crippen molar-refractivity contribution < 1.29 is 5.11 Å². The van der Waals surface area contributed by atoms with Crippen LogP contribution in [0.15, 0.2) is 41.5 Å². The predicted molar refractivity (Wildman–Crippen MR) is 93.5 cm³/mol. The molecule has 0 radical (unpaired) electrons. The quantitative estimate of drug-likeness (QED) is 0.586. The van der Waals surface area contributed by atoms with Gasteiger partial charge in [0.25, 0.3) is 0 Å². The Morgan fingerprint density at radius 1 is 1.17 bits per heavy atom. The molecule has 1 heterocycles. The summed E-state index contributed by atoms with van der Waals surface area (Å²) in [7, 11) is 0. The summed E-state index contributed by atoms with van der Waals surface area (Å²) in [5, 5.41) is 16.3. The van der Waals surface area contributed by atoms with Gasteiger partial charge in [-0.3, -0.25) is 4.98 Å². The molecule has 2 aromatic rings. The second kappa shape index (κ2) is 8.17. The van der Waals surface area contributed by atoms with Gasteiger partial charge >= 0.3 is 0 Å². The molecule has 1 aromatic heterocycles. The van der Waals surface area contributed by atoms with Gasteiger partial charge in [-0.1, -0.05) is 18.2 Å². The lowest BCUT2D eigenvalue weighted by Crippen LogP contribution is -2.37. The minimum Gasteiger partial charge on any atom is -0.507 e. The van der Waals surface area contributed by atoms with Gasteiger partial charge in [0.15, 0.2) is 5.96 Å². The van der Waals surface area contributed by atoms with E-state index in [1.54, 1.807) is 6.20 Å². The van der Waals surface area contributed by atoms with E-state index in [9.17, 15) is 5.11 Å². The summed E-state index contributed by atoms with van der Waals surface area (Å²) in [6.45, 7) is 7.81. The molecule has 0 atom stereocenters. The number of aliphatic imine (C=N–C) groups is 1. The van der Waals surface area contributed by atoms with E-state index in [-0.39, 0.29) is 0 Å². The van der Waals surface area contributed by atoms with Crippen LogP contribution in [0.3, 0.4) is 0 Å². The first-order chi connectivity index (χ1) is 11.1. The molecule has 3 N–H and O–H groups in total. The first kappa shape index (κ1) is 16.8. The average Bonchev–Trinajstić information content (AvgIpc) is 2.56. The van der Waals surface area contributed by atoms with Crippen molar-refractivity contribution in [2.75, 3.05) is 6.54 Å². The van der Waals surface area contributed by atoms with Crippen molar-refractivity contribution in [1.29, 1.82) is 0 Å². The maximum Gasteiger partial charge on any atom is 0.191 e. The number of hydrogen-bond acceptors (Lipinski definition) is 3. The summed E-state index contributed by atoms with van der Waals surface area (Å²) in [6.07, 6.45) is 1.78. The monoisotopic (exact) mass is 312 g/mol. The summed E-state index contributed by atoms with van der Waals surface area (Å²) in [6, 6.07) is 9.78. The third-order valence-corrected chi connectivity index (χ3v) is 3.48. The molecule has 0 aliphatic rings. The van der Waals surface area contributed by atoms with E-state index >= 15 is 0 Å². The Morgan fingerprint density at radius 2 is 1.91 bits per heavy atom. The van der Waals surface area contributed by atoms with Gasteiger partial charge in [0.05, 0.1) is 18.8 Å². The second-order valence-corrected chi connectivity index (χ2v) is 5.45. The van der Waals surface area contributed by atoms with E-state index in [2.05, 4.69) is 20.6 Å². The number of nitrogens with one attached hydrogen (secondary N) is 2. The van der Waals surface area contributed by atoms with Gasteiger partial charge < -0.3 is 15.7 Å². The van der Waals surface area contributed by atoms with Crippen LogP contribution in [0.5, 0.6) is 5.75 Å².